The molecule has 0 aliphatic heterocycles. The van der Waals surface area contributed by atoms with Gasteiger partial charge in [0.25, 0.3) is 0 Å². The van der Waals surface area contributed by atoms with Gasteiger partial charge >= 0.3 is 17.6 Å². The van der Waals surface area contributed by atoms with Gasteiger partial charge < -0.3 is 13.9 Å². The second-order valence-electron chi connectivity index (χ2n) is 6.07. The highest BCUT2D eigenvalue weighted by molar-refractivity contribution is 5.93. The van der Waals surface area contributed by atoms with Crippen LogP contribution in [0.25, 0.3) is 11.0 Å². The summed E-state index contributed by atoms with van der Waals surface area (Å²) in [4.78, 5) is 35.3. The maximum absolute atomic E-state index is 12.0. The van der Waals surface area contributed by atoms with E-state index in [0.717, 1.165) is 37.7 Å². The van der Waals surface area contributed by atoms with Crippen molar-refractivity contribution in [1.29, 1.82) is 0 Å². The molecule has 1 aromatic carbocycles. The molecule has 140 valence electrons. The topological polar surface area (TPSA) is 82.8 Å². The van der Waals surface area contributed by atoms with Crippen molar-refractivity contribution in [3.05, 3.63) is 39.7 Å². The van der Waals surface area contributed by atoms with Crippen molar-refractivity contribution in [3.8, 4) is 5.75 Å². The average Bonchev–Trinajstić information content (AvgIpc) is 2.58. The Labute approximate surface area is 152 Å². The average molecular weight is 360 g/mol. The van der Waals surface area contributed by atoms with E-state index in [9.17, 15) is 14.4 Å². The fourth-order valence-corrected chi connectivity index (χ4v) is 2.73. The Bertz CT molecular complexity index is 849. The van der Waals surface area contributed by atoms with Crippen LogP contribution in [0.15, 0.2) is 27.4 Å². The maximum Gasteiger partial charge on any atom is 0.351 e. The zero-order chi connectivity index (χ0) is 19.1. The molecule has 0 aliphatic carbocycles. The molecule has 6 heteroatoms. The first kappa shape index (κ1) is 19.7. The van der Waals surface area contributed by atoms with E-state index in [1.807, 2.05) is 0 Å². The molecule has 0 spiro atoms. The van der Waals surface area contributed by atoms with Crippen LogP contribution in [0.3, 0.4) is 0 Å². The van der Waals surface area contributed by atoms with Crippen molar-refractivity contribution in [3.63, 3.8) is 0 Å². The number of fused-ring (bicyclic) bond motifs is 1. The summed E-state index contributed by atoms with van der Waals surface area (Å²) in [7, 11) is 0. The second kappa shape index (κ2) is 9.17. The smallest absolute Gasteiger partial charge is 0.351 e. The zero-order valence-electron chi connectivity index (χ0n) is 15.4. The molecule has 0 radical (unpaired) electrons. The van der Waals surface area contributed by atoms with Gasteiger partial charge in [0.15, 0.2) is 0 Å². The minimum Gasteiger partial charge on any atom is -0.462 e. The highest BCUT2D eigenvalue weighted by Crippen LogP contribution is 2.28. The molecule has 0 fully saturated rings. The van der Waals surface area contributed by atoms with Gasteiger partial charge in [0.1, 0.15) is 16.9 Å². The Kier molecular flexibility index (Phi) is 6.95. The maximum atomic E-state index is 12.0. The summed E-state index contributed by atoms with van der Waals surface area (Å²) in [6.07, 6.45) is 5.02. The van der Waals surface area contributed by atoms with Crippen molar-refractivity contribution in [2.45, 2.75) is 52.9 Å². The predicted molar refractivity (Wildman–Crippen MR) is 97.6 cm³/mol. The first-order valence-corrected chi connectivity index (χ1v) is 8.92. The molecule has 0 bridgehead atoms. The van der Waals surface area contributed by atoms with Gasteiger partial charge in [-0.15, -0.1) is 0 Å². The van der Waals surface area contributed by atoms with Crippen LogP contribution in [-0.2, 0) is 16.0 Å². The van der Waals surface area contributed by atoms with Crippen molar-refractivity contribution in [2.24, 2.45) is 0 Å². The molecule has 0 unspecified atom stereocenters. The third-order valence-corrected chi connectivity index (χ3v) is 3.96. The monoisotopic (exact) mass is 360 g/mol. The van der Waals surface area contributed by atoms with Crippen LogP contribution in [0, 0.1) is 0 Å². The lowest BCUT2D eigenvalue weighted by atomic mass is 10.0. The molecular weight excluding hydrogens is 336 g/mol. The van der Waals surface area contributed by atoms with Crippen molar-refractivity contribution in [1.82, 2.24) is 0 Å². The predicted octanol–water partition coefficient (Wildman–Crippen LogP) is 4.02. The highest BCUT2D eigenvalue weighted by atomic mass is 16.5. The molecule has 0 amide bonds. The van der Waals surface area contributed by atoms with E-state index >= 15 is 0 Å². The second-order valence-corrected chi connectivity index (χ2v) is 6.07. The molecule has 0 atom stereocenters. The lowest BCUT2D eigenvalue weighted by Crippen LogP contribution is -2.16. The molecule has 0 N–H and O–H groups in total. The van der Waals surface area contributed by atoms with Crippen LogP contribution < -0.4 is 10.4 Å². The summed E-state index contributed by atoms with van der Waals surface area (Å²) >= 11 is 0. The van der Waals surface area contributed by atoms with E-state index in [4.69, 9.17) is 13.9 Å². The molecule has 0 aliphatic rings. The Balaban J connectivity index is 2.45. The van der Waals surface area contributed by atoms with Crippen LogP contribution >= 0.6 is 0 Å². The largest absolute Gasteiger partial charge is 0.462 e. The first-order chi connectivity index (χ1) is 12.5. The number of hydrogen-bond acceptors (Lipinski definition) is 6. The summed E-state index contributed by atoms with van der Waals surface area (Å²) < 4.78 is 15.4. The van der Waals surface area contributed by atoms with Gasteiger partial charge in [0.2, 0.25) is 0 Å². The highest BCUT2D eigenvalue weighted by Gasteiger charge is 2.17. The number of aryl methyl sites for hydroxylation is 1. The number of unbranched alkanes of at least 4 members (excludes halogenated alkanes) is 3. The number of esters is 2. The number of rotatable bonds is 8. The van der Waals surface area contributed by atoms with Crippen molar-refractivity contribution < 1.29 is 23.5 Å². The third kappa shape index (κ3) is 4.94. The minimum atomic E-state index is -0.777. The number of benzene rings is 1. The number of carbonyl (C=O) groups excluding carboxylic acids is 2. The number of carbonyl (C=O) groups is 2. The number of hydrogen-bond donors (Lipinski definition) is 0. The third-order valence-electron chi connectivity index (χ3n) is 3.96. The summed E-state index contributed by atoms with van der Waals surface area (Å²) in [5.41, 5.74) is 0.181. The van der Waals surface area contributed by atoms with Crippen LogP contribution in [0.4, 0.5) is 0 Å². The van der Waals surface area contributed by atoms with Crippen LogP contribution in [0.2, 0.25) is 0 Å². The van der Waals surface area contributed by atoms with E-state index in [1.165, 1.54) is 19.1 Å². The molecule has 0 saturated carbocycles. The van der Waals surface area contributed by atoms with Crippen LogP contribution in [-0.4, -0.2) is 18.5 Å². The lowest BCUT2D eigenvalue weighted by Gasteiger charge is -2.11. The standard InChI is InChI=1S/C20H24O6/c1-4-6-7-8-9-14-10-15-11-16(19(22)24-5-2)20(23)26-18(15)12-17(14)25-13(3)21/h10-12H,4-9H2,1-3H3. The van der Waals surface area contributed by atoms with Gasteiger partial charge in [-0.1, -0.05) is 26.2 Å². The molecule has 2 aromatic rings. The van der Waals surface area contributed by atoms with E-state index in [-0.39, 0.29) is 17.8 Å². The molecule has 26 heavy (non-hydrogen) atoms. The molecule has 1 aromatic heterocycles. The zero-order valence-corrected chi connectivity index (χ0v) is 15.4. The Hall–Kier alpha value is -2.63. The Morgan fingerprint density at radius 1 is 1.08 bits per heavy atom. The van der Waals surface area contributed by atoms with Crippen molar-refractivity contribution in [2.75, 3.05) is 6.61 Å². The van der Waals surface area contributed by atoms with Gasteiger partial charge in [-0.25, -0.2) is 9.59 Å². The normalized spacial score (nSPS) is 10.7. The number of ether oxygens (including phenoxy) is 2. The SMILES string of the molecule is CCCCCCc1cc2cc(C(=O)OCC)c(=O)oc2cc1OC(C)=O. The molecule has 0 saturated heterocycles. The Morgan fingerprint density at radius 2 is 1.85 bits per heavy atom. The van der Waals surface area contributed by atoms with Crippen molar-refractivity contribution >= 4 is 22.9 Å². The van der Waals surface area contributed by atoms with Gasteiger partial charge in [0.05, 0.1) is 6.61 Å². The van der Waals surface area contributed by atoms with E-state index < -0.39 is 17.6 Å². The first-order valence-electron chi connectivity index (χ1n) is 8.92. The van der Waals surface area contributed by atoms with E-state index in [2.05, 4.69) is 6.92 Å². The van der Waals surface area contributed by atoms with Gasteiger partial charge in [-0.05, 0) is 37.5 Å². The molecule has 1 heterocycles. The summed E-state index contributed by atoms with van der Waals surface area (Å²) in [6.45, 7) is 5.30. The van der Waals surface area contributed by atoms with E-state index in [1.54, 1.807) is 13.0 Å². The summed E-state index contributed by atoms with van der Waals surface area (Å²) in [6, 6.07) is 4.79. The van der Waals surface area contributed by atoms with Crippen LogP contribution in [0.5, 0.6) is 5.75 Å². The minimum absolute atomic E-state index is 0.142. The van der Waals surface area contributed by atoms with Crippen LogP contribution in [0.1, 0.15) is 62.4 Å². The quantitative estimate of drug-likeness (QED) is 0.306. The molecule has 2 rings (SSSR count). The summed E-state index contributed by atoms with van der Waals surface area (Å²) in [5.74, 6) is -0.769. The molecule has 6 nitrogen and oxygen atoms in total. The fourth-order valence-electron chi connectivity index (χ4n) is 2.73. The van der Waals surface area contributed by atoms with Gasteiger partial charge in [-0.3, -0.25) is 4.79 Å². The fraction of sp³-hybridized carbons (Fsp3) is 0.450. The summed E-state index contributed by atoms with van der Waals surface area (Å²) in [5, 5.41) is 0.592. The molecular formula is C20H24O6. The lowest BCUT2D eigenvalue weighted by molar-refractivity contribution is -0.131. The van der Waals surface area contributed by atoms with Gasteiger partial charge in [0, 0.05) is 18.4 Å². The van der Waals surface area contributed by atoms with E-state index in [0.29, 0.717) is 11.1 Å². The van der Waals surface area contributed by atoms with Gasteiger partial charge in [-0.2, -0.15) is 0 Å². The Morgan fingerprint density at radius 3 is 2.50 bits per heavy atom.